The van der Waals surface area contributed by atoms with E-state index < -0.39 is 26.9 Å². The minimum Gasteiger partial charge on any atom is -0.372 e. The predicted octanol–water partition coefficient (Wildman–Crippen LogP) is 3.30. The fraction of sp³-hybridized carbons (Fsp3) is 0.409. The molecule has 0 unspecified atom stereocenters. The Hall–Kier alpha value is -3.14. The Kier molecular flexibility index (Phi) is 8.59. The molecule has 0 saturated carbocycles. The number of hydrogen-bond acceptors (Lipinski definition) is 6. The summed E-state index contributed by atoms with van der Waals surface area (Å²) in [5.41, 5.74) is 1.79. The summed E-state index contributed by atoms with van der Waals surface area (Å²) in [6.45, 7) is 7.88. The quantitative estimate of drug-likeness (QED) is 0.405. The zero-order chi connectivity index (χ0) is 23.9. The summed E-state index contributed by atoms with van der Waals surface area (Å²) in [4.78, 5) is 25.7. The van der Waals surface area contributed by atoms with Crippen LogP contribution in [0.15, 0.2) is 48.5 Å². The Morgan fingerprint density at radius 3 is 2.19 bits per heavy atom. The van der Waals surface area contributed by atoms with E-state index >= 15 is 0 Å². The lowest BCUT2D eigenvalue weighted by Crippen LogP contribution is -2.49. The van der Waals surface area contributed by atoms with Crippen molar-refractivity contribution in [3.63, 3.8) is 0 Å². The van der Waals surface area contributed by atoms with Gasteiger partial charge in [0.2, 0.25) is 15.9 Å². The van der Waals surface area contributed by atoms with Crippen LogP contribution in [0.1, 0.15) is 32.8 Å². The molecule has 0 aromatic heterocycles. The van der Waals surface area contributed by atoms with E-state index in [1.807, 2.05) is 24.3 Å². The molecule has 1 N–H and O–H groups in total. The third-order valence-corrected chi connectivity index (χ3v) is 6.34. The molecule has 0 aliphatic carbocycles. The van der Waals surface area contributed by atoms with Gasteiger partial charge in [-0.1, -0.05) is 25.1 Å². The lowest BCUT2D eigenvalue weighted by molar-refractivity contribution is -0.384. The minimum atomic E-state index is -3.88. The molecule has 9 nitrogen and oxygen atoms in total. The van der Waals surface area contributed by atoms with Crippen molar-refractivity contribution in [3.05, 3.63) is 64.2 Å². The zero-order valence-electron chi connectivity index (χ0n) is 18.8. The van der Waals surface area contributed by atoms with E-state index in [2.05, 4.69) is 24.1 Å². The molecule has 0 spiro atoms. The van der Waals surface area contributed by atoms with Gasteiger partial charge in [-0.25, -0.2) is 8.42 Å². The third kappa shape index (κ3) is 6.19. The second-order valence-electron chi connectivity index (χ2n) is 7.32. The van der Waals surface area contributed by atoms with Crippen LogP contribution in [0.2, 0.25) is 0 Å². The molecule has 0 aliphatic rings. The average molecular weight is 463 g/mol. The Morgan fingerprint density at radius 2 is 1.69 bits per heavy atom. The Balaban J connectivity index is 2.22. The highest BCUT2D eigenvalue weighted by Crippen LogP contribution is 2.26. The number of nitrogens with one attached hydrogen (secondary N) is 1. The smallest absolute Gasteiger partial charge is 0.271 e. The number of anilines is 2. The maximum absolute atomic E-state index is 12.9. The van der Waals surface area contributed by atoms with Gasteiger partial charge in [-0.15, -0.1) is 0 Å². The molecule has 1 atom stereocenters. The van der Waals surface area contributed by atoms with Gasteiger partial charge in [0.05, 0.1) is 16.9 Å². The molecule has 0 aliphatic heterocycles. The highest BCUT2D eigenvalue weighted by Gasteiger charge is 2.32. The first-order valence-electron chi connectivity index (χ1n) is 10.5. The van der Waals surface area contributed by atoms with E-state index in [1.165, 1.54) is 18.2 Å². The van der Waals surface area contributed by atoms with Crippen molar-refractivity contribution in [2.75, 3.05) is 28.6 Å². The van der Waals surface area contributed by atoms with E-state index in [0.717, 1.165) is 41.0 Å². The number of sulfonamides is 1. The molecule has 2 aromatic rings. The van der Waals surface area contributed by atoms with Crippen molar-refractivity contribution < 1.29 is 18.1 Å². The Bertz CT molecular complexity index is 1040. The molecule has 2 rings (SSSR count). The maximum Gasteiger partial charge on any atom is 0.271 e. The molecule has 0 radical (unpaired) electrons. The van der Waals surface area contributed by atoms with Gasteiger partial charge in [0, 0.05) is 37.5 Å². The van der Waals surface area contributed by atoms with Crippen molar-refractivity contribution >= 4 is 33.0 Å². The summed E-state index contributed by atoms with van der Waals surface area (Å²) < 4.78 is 26.0. The molecule has 0 bridgehead atoms. The number of rotatable bonds is 11. The highest BCUT2D eigenvalue weighted by molar-refractivity contribution is 7.92. The fourth-order valence-electron chi connectivity index (χ4n) is 3.52. The van der Waals surface area contributed by atoms with Crippen LogP contribution in [-0.4, -0.2) is 44.6 Å². The standard InChI is InChI=1S/C22H30N4O5S/c1-5-21(25(32(4,30)31)19-9-8-10-20(15-19)26(28)29)22(27)23-16-17-11-13-18(14-12-17)24(6-2)7-3/h8-15,21H,5-7,16H2,1-4H3,(H,23,27)/t21-/m1/s1. The average Bonchev–Trinajstić information content (AvgIpc) is 2.76. The normalized spacial score (nSPS) is 12.1. The van der Waals surface area contributed by atoms with Crippen molar-refractivity contribution in [2.45, 2.75) is 39.8 Å². The molecule has 0 heterocycles. The molecular weight excluding hydrogens is 432 g/mol. The monoisotopic (exact) mass is 462 g/mol. The number of nitro benzene ring substituents is 1. The number of non-ortho nitro benzene ring substituents is 1. The summed E-state index contributed by atoms with van der Waals surface area (Å²) in [6, 6.07) is 12.0. The largest absolute Gasteiger partial charge is 0.372 e. The highest BCUT2D eigenvalue weighted by atomic mass is 32.2. The molecule has 0 fully saturated rings. The number of hydrogen-bond donors (Lipinski definition) is 1. The van der Waals surface area contributed by atoms with Crippen molar-refractivity contribution in [3.8, 4) is 0 Å². The molecule has 32 heavy (non-hydrogen) atoms. The number of nitro groups is 1. The summed E-state index contributed by atoms with van der Waals surface area (Å²) in [6.07, 6.45) is 1.18. The van der Waals surface area contributed by atoms with Crippen LogP contribution in [0, 0.1) is 10.1 Å². The minimum absolute atomic E-state index is 0.0762. The fourth-order valence-corrected chi connectivity index (χ4v) is 4.73. The van der Waals surface area contributed by atoms with Crippen molar-refractivity contribution in [1.29, 1.82) is 0 Å². The van der Waals surface area contributed by atoms with E-state index in [0.29, 0.717) is 0 Å². The molecular formula is C22H30N4O5S. The molecule has 1 amide bonds. The first-order valence-corrected chi connectivity index (χ1v) is 12.3. The lowest BCUT2D eigenvalue weighted by atomic mass is 10.1. The van der Waals surface area contributed by atoms with E-state index in [4.69, 9.17) is 0 Å². The Morgan fingerprint density at radius 1 is 1.06 bits per heavy atom. The summed E-state index contributed by atoms with van der Waals surface area (Å²) in [5, 5.41) is 13.9. The number of amides is 1. The van der Waals surface area contributed by atoms with Gasteiger partial charge in [-0.2, -0.15) is 0 Å². The van der Waals surface area contributed by atoms with Gasteiger partial charge in [-0.05, 0) is 44.0 Å². The topological polar surface area (TPSA) is 113 Å². The Labute approximate surface area is 189 Å². The second-order valence-corrected chi connectivity index (χ2v) is 9.18. The van der Waals surface area contributed by atoms with Crippen molar-refractivity contribution in [2.24, 2.45) is 0 Å². The van der Waals surface area contributed by atoms with Gasteiger partial charge in [0.15, 0.2) is 0 Å². The molecule has 174 valence electrons. The number of carbonyl (C=O) groups is 1. The SMILES string of the molecule is CC[C@H](C(=O)NCc1ccc(N(CC)CC)cc1)N(c1cccc([N+](=O)[O-])c1)S(C)(=O)=O. The van der Waals surface area contributed by atoms with Crippen LogP contribution in [0.5, 0.6) is 0 Å². The number of nitrogens with zero attached hydrogens (tertiary/aromatic N) is 3. The van der Waals surface area contributed by atoms with E-state index in [9.17, 15) is 23.3 Å². The van der Waals surface area contributed by atoms with Crippen LogP contribution >= 0.6 is 0 Å². The lowest BCUT2D eigenvalue weighted by Gasteiger charge is -2.30. The van der Waals surface area contributed by atoms with Crippen molar-refractivity contribution in [1.82, 2.24) is 5.32 Å². The van der Waals surface area contributed by atoms with E-state index in [-0.39, 0.29) is 24.3 Å². The van der Waals surface area contributed by atoms with Gasteiger partial charge >= 0.3 is 0 Å². The summed E-state index contributed by atoms with van der Waals surface area (Å²) in [5.74, 6) is -0.475. The summed E-state index contributed by atoms with van der Waals surface area (Å²) >= 11 is 0. The number of benzene rings is 2. The van der Waals surface area contributed by atoms with Crippen LogP contribution < -0.4 is 14.5 Å². The van der Waals surface area contributed by atoms with Crippen LogP contribution in [0.4, 0.5) is 17.1 Å². The van der Waals surface area contributed by atoms with E-state index in [1.54, 1.807) is 6.92 Å². The van der Waals surface area contributed by atoms with Crippen LogP contribution in [0.25, 0.3) is 0 Å². The molecule has 2 aromatic carbocycles. The zero-order valence-corrected chi connectivity index (χ0v) is 19.6. The first-order chi connectivity index (χ1) is 15.1. The second kappa shape index (κ2) is 10.9. The maximum atomic E-state index is 12.9. The summed E-state index contributed by atoms with van der Waals surface area (Å²) in [7, 11) is -3.88. The number of carbonyl (C=O) groups excluding carboxylic acids is 1. The van der Waals surface area contributed by atoms with Crippen LogP contribution in [-0.2, 0) is 21.4 Å². The predicted molar refractivity (Wildman–Crippen MR) is 126 cm³/mol. The van der Waals surface area contributed by atoms with Gasteiger partial charge < -0.3 is 10.2 Å². The van der Waals surface area contributed by atoms with Crippen LogP contribution in [0.3, 0.4) is 0 Å². The van der Waals surface area contributed by atoms with Gasteiger partial charge in [-0.3, -0.25) is 19.2 Å². The molecule has 10 heteroatoms. The van der Waals surface area contributed by atoms with Gasteiger partial charge in [0.1, 0.15) is 6.04 Å². The molecule has 0 saturated heterocycles. The first kappa shape index (κ1) is 25.1. The van der Waals surface area contributed by atoms with Gasteiger partial charge in [0.25, 0.3) is 5.69 Å². The third-order valence-electron chi connectivity index (χ3n) is 5.16.